The molecule has 2 atom stereocenters. The third kappa shape index (κ3) is 3.68. The molecule has 1 aromatic heterocycles. The second-order valence-corrected chi connectivity index (χ2v) is 7.97. The average molecular weight is 431 g/mol. The second-order valence-electron chi connectivity index (χ2n) is 7.97. The Morgan fingerprint density at radius 3 is 2.74 bits per heavy atom. The molecule has 2 bridgehead atoms. The average Bonchev–Trinajstić information content (AvgIpc) is 2.91. The maximum absolute atomic E-state index is 13.9. The number of fused-ring (bicyclic) bond motifs is 4. The van der Waals surface area contributed by atoms with Crippen molar-refractivity contribution in [1.29, 1.82) is 0 Å². The first-order chi connectivity index (χ1) is 14.8. The fourth-order valence-corrected chi connectivity index (χ4v) is 4.34. The monoisotopic (exact) mass is 431 g/mol. The summed E-state index contributed by atoms with van der Waals surface area (Å²) in [5.74, 6) is -2.70. The van der Waals surface area contributed by atoms with Crippen LogP contribution in [0.25, 0.3) is 0 Å². The van der Waals surface area contributed by atoms with Crippen LogP contribution in [0.5, 0.6) is 5.75 Å². The van der Waals surface area contributed by atoms with Gasteiger partial charge in [0.1, 0.15) is 17.2 Å². The fourth-order valence-electron chi connectivity index (χ4n) is 4.34. The lowest BCUT2D eigenvalue weighted by atomic mass is 10.1. The first-order valence-corrected chi connectivity index (χ1v) is 10.2. The molecule has 2 amide bonds. The number of benzene rings is 1. The van der Waals surface area contributed by atoms with E-state index in [-0.39, 0.29) is 47.1 Å². The molecule has 2 aliphatic heterocycles. The lowest BCUT2D eigenvalue weighted by Gasteiger charge is -2.37. The van der Waals surface area contributed by atoms with Gasteiger partial charge in [-0.3, -0.25) is 14.4 Å². The molecule has 164 valence electrons. The molecule has 1 aromatic carbocycles. The molecule has 1 fully saturated rings. The number of hydrogen-bond donors (Lipinski definition) is 1. The molecule has 2 aromatic rings. The number of halogens is 2. The van der Waals surface area contributed by atoms with Gasteiger partial charge in [0.25, 0.3) is 11.8 Å². The topological polar surface area (TPSA) is 80.6 Å². The number of amides is 2. The minimum atomic E-state index is -0.793. The predicted octanol–water partition coefficient (Wildman–Crippen LogP) is 2.63. The van der Waals surface area contributed by atoms with Crippen LogP contribution in [0.3, 0.4) is 0 Å². The van der Waals surface area contributed by atoms with Gasteiger partial charge in [0.2, 0.25) is 5.43 Å². The summed E-state index contributed by atoms with van der Waals surface area (Å²) < 4.78 is 33.9. The largest absolute Gasteiger partial charge is 0.491 e. The Labute approximate surface area is 177 Å². The normalized spacial score (nSPS) is 20.1. The molecule has 1 saturated heterocycles. The van der Waals surface area contributed by atoms with E-state index in [0.717, 1.165) is 31.4 Å². The van der Waals surface area contributed by atoms with Gasteiger partial charge in [0.05, 0.1) is 13.2 Å². The van der Waals surface area contributed by atoms with Crippen LogP contribution < -0.4 is 15.5 Å². The number of ether oxygens (including phenoxy) is 1. The zero-order valence-corrected chi connectivity index (χ0v) is 17.3. The quantitative estimate of drug-likeness (QED) is 0.807. The third-order valence-corrected chi connectivity index (χ3v) is 6.05. The zero-order valence-electron chi connectivity index (χ0n) is 17.3. The Morgan fingerprint density at radius 2 is 2.03 bits per heavy atom. The molecule has 0 radical (unpaired) electrons. The van der Waals surface area contributed by atoms with E-state index in [1.165, 1.54) is 19.4 Å². The molecular weight excluding hydrogens is 408 g/mol. The summed E-state index contributed by atoms with van der Waals surface area (Å²) >= 11 is 0. The van der Waals surface area contributed by atoms with E-state index < -0.39 is 23.0 Å². The van der Waals surface area contributed by atoms with Crippen molar-refractivity contribution in [3.63, 3.8) is 0 Å². The number of aromatic nitrogens is 1. The highest BCUT2D eigenvalue weighted by atomic mass is 19.1. The van der Waals surface area contributed by atoms with Crippen molar-refractivity contribution in [2.45, 2.75) is 44.8 Å². The summed E-state index contributed by atoms with van der Waals surface area (Å²) in [5, 5.41) is 2.50. The number of methoxy groups -OCH3 is 1. The van der Waals surface area contributed by atoms with Gasteiger partial charge in [-0.2, -0.15) is 0 Å². The number of carbonyl (C=O) groups is 2. The van der Waals surface area contributed by atoms with Crippen molar-refractivity contribution in [3.05, 3.63) is 63.1 Å². The van der Waals surface area contributed by atoms with E-state index in [1.54, 1.807) is 9.47 Å². The van der Waals surface area contributed by atoms with Crippen molar-refractivity contribution in [2.75, 3.05) is 13.7 Å². The van der Waals surface area contributed by atoms with Crippen LogP contribution >= 0.6 is 0 Å². The predicted molar refractivity (Wildman–Crippen MR) is 108 cm³/mol. The zero-order chi connectivity index (χ0) is 22.3. The molecule has 0 aliphatic carbocycles. The van der Waals surface area contributed by atoms with E-state index in [9.17, 15) is 23.2 Å². The smallest absolute Gasteiger partial charge is 0.274 e. The van der Waals surface area contributed by atoms with Gasteiger partial charge >= 0.3 is 0 Å². The summed E-state index contributed by atoms with van der Waals surface area (Å²) in [5.41, 5.74) is -0.657. The first-order valence-electron chi connectivity index (χ1n) is 10.2. The number of pyridine rings is 1. The summed E-state index contributed by atoms with van der Waals surface area (Å²) in [4.78, 5) is 40.6. The van der Waals surface area contributed by atoms with Crippen LogP contribution in [0.1, 0.15) is 58.6 Å². The van der Waals surface area contributed by atoms with Gasteiger partial charge in [0, 0.05) is 37.0 Å². The highest BCUT2D eigenvalue weighted by Gasteiger charge is 2.39. The standard InChI is InChI=1S/C22H23F2N3O4/c1-12-4-3-5-15-10-26(12)22(30)18-20(31-2)19(28)16(11-27(15)18)21(29)25-9-13-6-7-14(23)8-17(13)24/h6-8,11-12,15H,3-5,9-10H2,1-2H3,(H,25,29)/t12-,15-/m1/s1. The van der Waals surface area contributed by atoms with Gasteiger partial charge in [-0.05, 0) is 32.3 Å². The van der Waals surface area contributed by atoms with E-state index in [4.69, 9.17) is 4.74 Å². The molecule has 3 heterocycles. The van der Waals surface area contributed by atoms with Crippen LogP contribution in [0.4, 0.5) is 8.78 Å². The highest BCUT2D eigenvalue weighted by molar-refractivity contribution is 5.99. The van der Waals surface area contributed by atoms with Crippen molar-refractivity contribution in [3.8, 4) is 5.75 Å². The lowest BCUT2D eigenvalue weighted by molar-refractivity contribution is 0.0604. The fraction of sp³-hybridized carbons (Fsp3) is 0.409. The highest BCUT2D eigenvalue weighted by Crippen LogP contribution is 2.34. The lowest BCUT2D eigenvalue weighted by Crippen LogP contribution is -2.47. The van der Waals surface area contributed by atoms with Crippen molar-refractivity contribution in [2.24, 2.45) is 0 Å². The van der Waals surface area contributed by atoms with Crippen LogP contribution in [0.2, 0.25) is 0 Å². The maximum Gasteiger partial charge on any atom is 0.274 e. The molecule has 0 unspecified atom stereocenters. The van der Waals surface area contributed by atoms with Gasteiger partial charge in [-0.25, -0.2) is 8.78 Å². The number of hydrogen-bond acceptors (Lipinski definition) is 4. The van der Waals surface area contributed by atoms with Crippen LogP contribution in [-0.4, -0.2) is 41.0 Å². The minimum absolute atomic E-state index is 0.0552. The Balaban J connectivity index is 1.70. The molecule has 9 heteroatoms. The Kier molecular flexibility index (Phi) is 5.51. The molecule has 0 spiro atoms. The third-order valence-electron chi connectivity index (χ3n) is 6.05. The van der Waals surface area contributed by atoms with Crippen molar-refractivity contribution >= 4 is 11.8 Å². The van der Waals surface area contributed by atoms with Gasteiger partial charge in [0.15, 0.2) is 11.4 Å². The van der Waals surface area contributed by atoms with E-state index >= 15 is 0 Å². The number of nitrogens with zero attached hydrogens (tertiary/aromatic N) is 2. The molecular formula is C22H23F2N3O4. The summed E-state index contributed by atoms with van der Waals surface area (Å²) in [6.07, 6.45) is 3.97. The Hall–Kier alpha value is -3.23. The summed E-state index contributed by atoms with van der Waals surface area (Å²) in [6, 6.07) is 3.02. The summed E-state index contributed by atoms with van der Waals surface area (Å²) in [7, 11) is 1.29. The van der Waals surface area contributed by atoms with Crippen LogP contribution in [-0.2, 0) is 6.54 Å². The molecule has 4 rings (SSSR count). The number of nitrogens with one attached hydrogen (secondary N) is 1. The van der Waals surface area contributed by atoms with Crippen LogP contribution in [0, 0.1) is 11.6 Å². The molecule has 0 saturated carbocycles. The maximum atomic E-state index is 13.9. The second kappa shape index (κ2) is 8.13. The van der Waals surface area contributed by atoms with E-state index in [0.29, 0.717) is 6.54 Å². The Bertz CT molecular complexity index is 1110. The minimum Gasteiger partial charge on any atom is -0.491 e. The van der Waals surface area contributed by atoms with Crippen LogP contribution in [0.15, 0.2) is 29.2 Å². The van der Waals surface area contributed by atoms with E-state index in [2.05, 4.69) is 5.32 Å². The number of carbonyl (C=O) groups excluding carboxylic acids is 2. The SMILES string of the molecule is COc1c2n(cc(C(=O)NCc3ccc(F)cc3F)c1=O)[C@@H]1CCC[C@@H](C)N(C1)C2=O. The molecule has 31 heavy (non-hydrogen) atoms. The molecule has 2 aliphatic rings. The van der Waals surface area contributed by atoms with Crippen molar-refractivity contribution < 1.29 is 23.1 Å². The van der Waals surface area contributed by atoms with Crippen molar-refractivity contribution in [1.82, 2.24) is 14.8 Å². The first kappa shape index (κ1) is 21.0. The van der Waals surface area contributed by atoms with E-state index in [1.807, 2.05) is 6.92 Å². The molecule has 1 N–H and O–H groups in total. The Morgan fingerprint density at radius 1 is 1.26 bits per heavy atom. The molecule has 7 nitrogen and oxygen atoms in total. The summed E-state index contributed by atoms with van der Waals surface area (Å²) in [6.45, 7) is 2.26. The van der Waals surface area contributed by atoms with Gasteiger partial charge in [-0.15, -0.1) is 0 Å². The van der Waals surface area contributed by atoms with Gasteiger partial charge < -0.3 is 19.5 Å². The number of rotatable bonds is 4. The van der Waals surface area contributed by atoms with Gasteiger partial charge in [-0.1, -0.05) is 6.07 Å².